The summed E-state index contributed by atoms with van der Waals surface area (Å²) in [5.74, 6) is -0.424. The highest BCUT2D eigenvalue weighted by Gasteiger charge is 2.36. The fraction of sp³-hybridized carbons (Fsp3) is 0.158. The van der Waals surface area contributed by atoms with Gasteiger partial charge in [-0.05, 0) is 37.3 Å². The van der Waals surface area contributed by atoms with Crippen molar-refractivity contribution in [3.05, 3.63) is 76.6 Å². The highest BCUT2D eigenvalue weighted by Crippen LogP contribution is 2.26. The van der Waals surface area contributed by atoms with Crippen LogP contribution in [-0.2, 0) is 17.9 Å². The fourth-order valence-corrected chi connectivity index (χ4v) is 2.83. The second kappa shape index (κ2) is 6.56. The number of carbonyl (C=O) groups is 3. The summed E-state index contributed by atoms with van der Waals surface area (Å²) in [6.07, 6.45) is 1.47. The van der Waals surface area contributed by atoms with E-state index >= 15 is 0 Å². The zero-order valence-corrected chi connectivity index (χ0v) is 14.3. The van der Waals surface area contributed by atoms with Gasteiger partial charge in [0.1, 0.15) is 23.8 Å². The van der Waals surface area contributed by atoms with Gasteiger partial charge < -0.3 is 13.7 Å². The standard InChI is InChI=1S/C19H14N2O6/c1-11-7-13(20-27-11)10-26-19(24)12-4-5-15-16(8-12)18(23)21(17(15)22)9-14-3-2-6-25-14/h2-8H,9-10H2,1H3. The first-order chi connectivity index (χ1) is 13.0. The molecule has 4 rings (SSSR count). The van der Waals surface area contributed by atoms with Gasteiger partial charge in [0.25, 0.3) is 11.8 Å². The molecular weight excluding hydrogens is 352 g/mol. The number of esters is 1. The summed E-state index contributed by atoms with van der Waals surface area (Å²) in [4.78, 5) is 38.4. The Labute approximate surface area is 153 Å². The van der Waals surface area contributed by atoms with Gasteiger partial charge in [-0.1, -0.05) is 5.16 Å². The number of benzene rings is 1. The Morgan fingerprint density at radius 1 is 1.15 bits per heavy atom. The number of amides is 2. The third-order valence-corrected chi connectivity index (χ3v) is 4.13. The lowest BCUT2D eigenvalue weighted by atomic mass is 10.1. The van der Waals surface area contributed by atoms with Crippen molar-refractivity contribution in [2.45, 2.75) is 20.1 Å². The topological polar surface area (TPSA) is 103 Å². The third kappa shape index (κ3) is 3.12. The molecule has 0 atom stereocenters. The molecule has 0 spiro atoms. The summed E-state index contributed by atoms with van der Waals surface area (Å²) in [6, 6.07) is 9.29. The van der Waals surface area contributed by atoms with Crippen molar-refractivity contribution in [2.24, 2.45) is 0 Å². The minimum atomic E-state index is -0.622. The van der Waals surface area contributed by atoms with Gasteiger partial charge in [0, 0.05) is 6.07 Å². The van der Waals surface area contributed by atoms with Crippen molar-refractivity contribution in [1.29, 1.82) is 0 Å². The lowest BCUT2D eigenvalue weighted by Crippen LogP contribution is -2.28. The number of aromatic nitrogens is 1. The van der Waals surface area contributed by atoms with Crippen LogP contribution in [0.25, 0.3) is 0 Å². The van der Waals surface area contributed by atoms with Crippen LogP contribution in [-0.4, -0.2) is 27.8 Å². The lowest BCUT2D eigenvalue weighted by Gasteiger charge is -2.11. The van der Waals surface area contributed by atoms with E-state index in [0.29, 0.717) is 17.2 Å². The molecule has 0 fully saturated rings. The van der Waals surface area contributed by atoms with E-state index in [9.17, 15) is 14.4 Å². The molecule has 1 aromatic carbocycles. The van der Waals surface area contributed by atoms with Crippen molar-refractivity contribution in [3.8, 4) is 0 Å². The monoisotopic (exact) mass is 366 g/mol. The van der Waals surface area contributed by atoms with Crippen LogP contribution in [0.4, 0.5) is 0 Å². The summed E-state index contributed by atoms with van der Waals surface area (Å²) in [6.45, 7) is 1.71. The molecule has 3 heterocycles. The van der Waals surface area contributed by atoms with Crippen LogP contribution >= 0.6 is 0 Å². The van der Waals surface area contributed by atoms with Crippen LogP contribution in [0, 0.1) is 6.92 Å². The Morgan fingerprint density at radius 3 is 2.67 bits per heavy atom. The van der Waals surface area contributed by atoms with Crippen LogP contribution in [0.1, 0.15) is 48.3 Å². The van der Waals surface area contributed by atoms with Crippen LogP contribution in [0.5, 0.6) is 0 Å². The van der Waals surface area contributed by atoms with Crippen molar-refractivity contribution in [1.82, 2.24) is 10.1 Å². The summed E-state index contributed by atoms with van der Waals surface area (Å²) in [5.41, 5.74) is 1.07. The molecule has 0 radical (unpaired) electrons. The smallest absolute Gasteiger partial charge is 0.338 e. The second-order valence-electron chi connectivity index (χ2n) is 6.04. The Bertz CT molecular complexity index is 1030. The SMILES string of the molecule is Cc1cc(COC(=O)c2ccc3c(c2)C(=O)N(Cc2ccco2)C3=O)no1. The van der Waals surface area contributed by atoms with E-state index in [0.717, 1.165) is 4.90 Å². The number of hydrogen-bond donors (Lipinski definition) is 0. The first kappa shape index (κ1) is 16.8. The van der Waals surface area contributed by atoms with E-state index in [1.165, 1.54) is 24.5 Å². The predicted octanol–water partition coefficient (Wildman–Crippen LogP) is 2.73. The number of nitrogens with zero attached hydrogens (tertiary/aromatic N) is 2. The zero-order valence-electron chi connectivity index (χ0n) is 14.3. The Morgan fingerprint density at radius 2 is 1.96 bits per heavy atom. The van der Waals surface area contributed by atoms with Crippen LogP contribution in [0.15, 0.2) is 51.6 Å². The molecule has 1 aliphatic rings. The van der Waals surface area contributed by atoms with Gasteiger partial charge in [0.15, 0.2) is 0 Å². The second-order valence-corrected chi connectivity index (χ2v) is 6.04. The van der Waals surface area contributed by atoms with Crippen molar-refractivity contribution in [2.75, 3.05) is 0 Å². The maximum Gasteiger partial charge on any atom is 0.338 e. The van der Waals surface area contributed by atoms with E-state index in [1.54, 1.807) is 25.1 Å². The molecule has 8 nitrogen and oxygen atoms in total. The minimum Gasteiger partial charge on any atom is -0.467 e. The highest BCUT2D eigenvalue weighted by molar-refractivity contribution is 6.21. The van der Waals surface area contributed by atoms with E-state index in [2.05, 4.69) is 5.16 Å². The molecule has 0 saturated carbocycles. The third-order valence-electron chi connectivity index (χ3n) is 4.13. The molecule has 3 aromatic rings. The Kier molecular flexibility index (Phi) is 4.08. The number of aryl methyl sites for hydroxylation is 1. The number of hydrogen-bond acceptors (Lipinski definition) is 7. The maximum atomic E-state index is 12.6. The van der Waals surface area contributed by atoms with Gasteiger partial charge >= 0.3 is 5.97 Å². The van der Waals surface area contributed by atoms with Gasteiger partial charge in [-0.2, -0.15) is 0 Å². The van der Waals surface area contributed by atoms with E-state index in [1.807, 2.05) is 0 Å². The Balaban J connectivity index is 1.51. The summed E-state index contributed by atoms with van der Waals surface area (Å²) in [5, 5.41) is 3.74. The molecule has 27 heavy (non-hydrogen) atoms. The first-order valence-electron chi connectivity index (χ1n) is 8.15. The molecule has 1 aliphatic heterocycles. The Hall–Kier alpha value is -3.68. The molecule has 136 valence electrons. The van der Waals surface area contributed by atoms with E-state index in [4.69, 9.17) is 13.7 Å². The van der Waals surface area contributed by atoms with Crippen LogP contribution in [0.2, 0.25) is 0 Å². The predicted molar refractivity (Wildman–Crippen MR) is 89.7 cm³/mol. The molecule has 0 bridgehead atoms. The normalized spacial score (nSPS) is 13.1. The maximum absolute atomic E-state index is 12.6. The summed E-state index contributed by atoms with van der Waals surface area (Å²) < 4.78 is 15.3. The number of ether oxygens (including phenoxy) is 1. The van der Waals surface area contributed by atoms with Gasteiger partial charge in [-0.3, -0.25) is 14.5 Å². The molecule has 2 amide bonds. The molecule has 0 saturated heterocycles. The largest absolute Gasteiger partial charge is 0.467 e. The molecule has 2 aromatic heterocycles. The molecular formula is C19H14N2O6. The zero-order chi connectivity index (χ0) is 19.0. The quantitative estimate of drug-likeness (QED) is 0.505. The minimum absolute atomic E-state index is 0.0324. The van der Waals surface area contributed by atoms with Gasteiger partial charge in [-0.15, -0.1) is 0 Å². The molecule has 8 heteroatoms. The van der Waals surface area contributed by atoms with Crippen LogP contribution < -0.4 is 0 Å². The van der Waals surface area contributed by atoms with Crippen molar-refractivity contribution < 1.29 is 28.1 Å². The average Bonchev–Trinajstić information content (AvgIpc) is 3.38. The lowest BCUT2D eigenvalue weighted by molar-refractivity contribution is 0.0464. The fourth-order valence-electron chi connectivity index (χ4n) is 2.83. The number of fused-ring (bicyclic) bond motifs is 1. The molecule has 0 unspecified atom stereocenters. The summed E-state index contributed by atoms with van der Waals surface area (Å²) in [7, 11) is 0. The van der Waals surface area contributed by atoms with E-state index < -0.39 is 17.8 Å². The average molecular weight is 366 g/mol. The number of imide groups is 1. The number of rotatable bonds is 5. The summed E-state index contributed by atoms with van der Waals surface area (Å²) >= 11 is 0. The van der Waals surface area contributed by atoms with Crippen LogP contribution in [0.3, 0.4) is 0 Å². The van der Waals surface area contributed by atoms with Gasteiger partial charge in [0.05, 0.1) is 29.5 Å². The molecule has 0 N–H and O–H groups in total. The highest BCUT2D eigenvalue weighted by atomic mass is 16.5. The number of furan rings is 1. The van der Waals surface area contributed by atoms with Crippen molar-refractivity contribution >= 4 is 17.8 Å². The number of carbonyl (C=O) groups excluding carboxylic acids is 3. The van der Waals surface area contributed by atoms with Gasteiger partial charge in [-0.25, -0.2) is 4.79 Å². The van der Waals surface area contributed by atoms with Gasteiger partial charge in [0.2, 0.25) is 0 Å². The van der Waals surface area contributed by atoms with Crippen molar-refractivity contribution in [3.63, 3.8) is 0 Å². The van der Waals surface area contributed by atoms with E-state index in [-0.39, 0.29) is 29.8 Å². The first-order valence-corrected chi connectivity index (χ1v) is 8.15. The molecule has 0 aliphatic carbocycles.